The quantitative estimate of drug-likeness (QED) is 0.530. The molecule has 3 aromatic rings. The van der Waals surface area contributed by atoms with Crippen LogP contribution in [0, 0.1) is 0 Å². The van der Waals surface area contributed by atoms with Crippen LogP contribution >= 0.6 is 0 Å². The van der Waals surface area contributed by atoms with Crippen molar-refractivity contribution < 1.29 is 14.3 Å². The number of carbonyl (C=O) groups excluding carboxylic acids is 1. The van der Waals surface area contributed by atoms with E-state index in [0.29, 0.717) is 38.5 Å². The maximum atomic E-state index is 12.1. The molecular weight excluding hydrogens is 354 g/mol. The third-order valence-corrected chi connectivity index (χ3v) is 4.28. The fourth-order valence-electron chi connectivity index (χ4n) is 2.74. The van der Waals surface area contributed by atoms with Crippen molar-refractivity contribution in [1.82, 2.24) is 15.3 Å². The summed E-state index contributed by atoms with van der Waals surface area (Å²) in [7, 11) is 1.63. The maximum absolute atomic E-state index is 12.1. The number of aryl methyl sites for hydroxylation is 1. The topological polar surface area (TPSA) is 76.2 Å². The van der Waals surface area contributed by atoms with E-state index in [1.807, 2.05) is 36.4 Å². The largest absolute Gasteiger partial charge is 0.475 e. The van der Waals surface area contributed by atoms with Crippen molar-refractivity contribution in [2.45, 2.75) is 19.4 Å². The van der Waals surface area contributed by atoms with E-state index in [1.165, 1.54) is 0 Å². The van der Waals surface area contributed by atoms with Gasteiger partial charge >= 0.3 is 0 Å². The number of amides is 1. The molecule has 1 amide bonds. The highest BCUT2D eigenvalue weighted by atomic mass is 16.5. The predicted octanol–water partition coefficient (Wildman–Crippen LogP) is 3.35. The number of nitrogens with one attached hydrogen (secondary N) is 2. The molecule has 0 unspecified atom stereocenters. The molecule has 2 N–H and O–H groups in total. The van der Waals surface area contributed by atoms with Crippen LogP contribution in [-0.4, -0.2) is 36.2 Å². The van der Waals surface area contributed by atoms with E-state index in [1.54, 1.807) is 19.4 Å². The van der Waals surface area contributed by atoms with Crippen LogP contribution in [-0.2, 0) is 22.5 Å². The van der Waals surface area contributed by atoms with Gasteiger partial charge in [0.15, 0.2) is 0 Å². The zero-order chi connectivity index (χ0) is 19.6. The van der Waals surface area contributed by atoms with Crippen molar-refractivity contribution in [2.75, 3.05) is 20.3 Å². The number of nitrogens with zero attached hydrogens (tertiary/aromatic N) is 1. The molecule has 0 fully saturated rings. The van der Waals surface area contributed by atoms with Crippen LogP contribution in [0.1, 0.15) is 17.7 Å². The van der Waals surface area contributed by atoms with E-state index < -0.39 is 0 Å². The van der Waals surface area contributed by atoms with Gasteiger partial charge in [0.2, 0.25) is 11.8 Å². The van der Waals surface area contributed by atoms with Gasteiger partial charge in [-0.3, -0.25) is 4.79 Å². The Morgan fingerprint density at radius 3 is 2.68 bits per heavy atom. The van der Waals surface area contributed by atoms with Gasteiger partial charge < -0.3 is 19.8 Å². The van der Waals surface area contributed by atoms with E-state index in [9.17, 15) is 4.79 Å². The van der Waals surface area contributed by atoms with Gasteiger partial charge in [0, 0.05) is 43.7 Å². The number of hydrogen-bond acceptors (Lipinski definition) is 4. The van der Waals surface area contributed by atoms with E-state index >= 15 is 0 Å². The third kappa shape index (κ3) is 5.96. The van der Waals surface area contributed by atoms with Gasteiger partial charge in [-0.05, 0) is 29.7 Å². The first-order valence-electron chi connectivity index (χ1n) is 9.31. The molecule has 0 spiro atoms. The molecule has 0 aliphatic rings. The maximum Gasteiger partial charge on any atom is 0.220 e. The average molecular weight is 379 g/mol. The number of ether oxygens (including phenoxy) is 2. The Labute approximate surface area is 164 Å². The molecule has 2 aromatic heterocycles. The van der Waals surface area contributed by atoms with Gasteiger partial charge in [0.1, 0.15) is 6.61 Å². The first kappa shape index (κ1) is 19.6. The van der Waals surface area contributed by atoms with Crippen LogP contribution in [0.4, 0.5) is 0 Å². The van der Waals surface area contributed by atoms with Gasteiger partial charge in [0.25, 0.3) is 0 Å². The predicted molar refractivity (Wildman–Crippen MR) is 108 cm³/mol. The van der Waals surface area contributed by atoms with Gasteiger partial charge in [-0.1, -0.05) is 36.4 Å². The number of rotatable bonds is 10. The lowest BCUT2D eigenvalue weighted by atomic mass is 10.2. The number of benzene rings is 1. The van der Waals surface area contributed by atoms with Gasteiger partial charge in [-0.2, -0.15) is 0 Å². The lowest BCUT2D eigenvalue weighted by Gasteiger charge is -2.07. The number of aromatic nitrogens is 2. The summed E-state index contributed by atoms with van der Waals surface area (Å²) < 4.78 is 10.3. The summed E-state index contributed by atoms with van der Waals surface area (Å²) in [6.45, 7) is 1.43. The van der Waals surface area contributed by atoms with Crippen molar-refractivity contribution in [1.29, 1.82) is 0 Å². The number of hydrogen-bond donors (Lipinski definition) is 2. The Hall–Kier alpha value is -3.12. The fourth-order valence-corrected chi connectivity index (χ4v) is 2.74. The fraction of sp³-hybridized carbons (Fsp3) is 0.273. The molecule has 0 aliphatic carbocycles. The lowest BCUT2D eigenvalue weighted by Crippen LogP contribution is -2.23. The molecule has 1 aromatic carbocycles. The monoisotopic (exact) mass is 379 g/mol. The Morgan fingerprint density at radius 2 is 1.93 bits per heavy atom. The number of carbonyl (C=O) groups is 1. The van der Waals surface area contributed by atoms with E-state index in [0.717, 1.165) is 22.5 Å². The molecule has 0 saturated heterocycles. The number of methoxy groups -OCH3 is 1. The minimum Gasteiger partial charge on any atom is -0.475 e. The van der Waals surface area contributed by atoms with Crippen molar-refractivity contribution in [3.05, 3.63) is 72.1 Å². The van der Waals surface area contributed by atoms with E-state index in [2.05, 4.69) is 27.4 Å². The molecule has 3 rings (SSSR count). The van der Waals surface area contributed by atoms with Crippen molar-refractivity contribution in [2.24, 2.45) is 0 Å². The Bertz CT molecular complexity index is 860. The summed E-state index contributed by atoms with van der Waals surface area (Å²) in [6, 6.07) is 17.9. The Morgan fingerprint density at radius 1 is 1.07 bits per heavy atom. The second kappa shape index (κ2) is 10.3. The summed E-state index contributed by atoms with van der Waals surface area (Å²) in [5.41, 5.74) is 4.18. The Kier molecular flexibility index (Phi) is 7.21. The summed E-state index contributed by atoms with van der Waals surface area (Å²) in [6.07, 6.45) is 2.81. The molecule has 6 nitrogen and oxygen atoms in total. The summed E-state index contributed by atoms with van der Waals surface area (Å²) in [5.74, 6) is 0.560. The molecular formula is C22H25N3O3. The highest BCUT2D eigenvalue weighted by molar-refractivity contribution is 5.76. The minimum atomic E-state index is 0.0104. The zero-order valence-corrected chi connectivity index (χ0v) is 16.0. The van der Waals surface area contributed by atoms with Crippen molar-refractivity contribution >= 4 is 5.91 Å². The van der Waals surface area contributed by atoms with Crippen LogP contribution in [0.5, 0.6) is 5.88 Å². The number of H-pyrrole nitrogens is 1. The van der Waals surface area contributed by atoms with Gasteiger partial charge in [-0.15, -0.1) is 0 Å². The average Bonchev–Trinajstić information content (AvgIpc) is 3.22. The molecule has 0 bridgehead atoms. The number of pyridine rings is 1. The molecule has 146 valence electrons. The van der Waals surface area contributed by atoms with Crippen LogP contribution in [0.25, 0.3) is 11.3 Å². The molecule has 6 heteroatoms. The zero-order valence-electron chi connectivity index (χ0n) is 16.0. The minimum absolute atomic E-state index is 0.0104. The lowest BCUT2D eigenvalue weighted by molar-refractivity contribution is -0.121. The second-order valence-corrected chi connectivity index (χ2v) is 6.39. The van der Waals surface area contributed by atoms with Crippen molar-refractivity contribution in [3.63, 3.8) is 0 Å². The van der Waals surface area contributed by atoms with Crippen LogP contribution in [0.3, 0.4) is 0 Å². The number of aromatic amines is 1. The summed E-state index contributed by atoms with van der Waals surface area (Å²) in [4.78, 5) is 19.7. The molecule has 0 saturated carbocycles. The summed E-state index contributed by atoms with van der Waals surface area (Å²) >= 11 is 0. The molecule has 28 heavy (non-hydrogen) atoms. The molecule has 0 aliphatic heterocycles. The summed E-state index contributed by atoms with van der Waals surface area (Å²) in [5, 5.41) is 2.93. The van der Waals surface area contributed by atoms with Crippen LogP contribution in [0.2, 0.25) is 0 Å². The molecule has 2 heterocycles. The second-order valence-electron chi connectivity index (χ2n) is 6.39. The SMILES string of the molecule is COCCOc1ccc(CNC(=O)CCc2ccc(-c3ccccc3)[nH]2)cn1. The first-order valence-corrected chi connectivity index (χ1v) is 9.31. The van der Waals surface area contributed by atoms with Crippen molar-refractivity contribution in [3.8, 4) is 17.1 Å². The smallest absolute Gasteiger partial charge is 0.220 e. The van der Waals surface area contributed by atoms with E-state index in [4.69, 9.17) is 9.47 Å². The standard InChI is InChI=1S/C22H25N3O3/c1-27-13-14-28-22-12-7-17(16-24-22)15-23-21(26)11-9-19-8-10-20(25-19)18-5-3-2-4-6-18/h2-8,10,12,16,25H,9,11,13-15H2,1H3,(H,23,26). The van der Waals surface area contributed by atoms with Gasteiger partial charge in [-0.25, -0.2) is 4.98 Å². The molecule has 0 radical (unpaired) electrons. The Balaban J connectivity index is 1.41. The van der Waals surface area contributed by atoms with E-state index in [-0.39, 0.29) is 5.91 Å². The van der Waals surface area contributed by atoms with Gasteiger partial charge in [0.05, 0.1) is 6.61 Å². The molecule has 0 atom stereocenters. The van der Waals surface area contributed by atoms with Crippen LogP contribution < -0.4 is 10.1 Å². The third-order valence-electron chi connectivity index (χ3n) is 4.28. The highest BCUT2D eigenvalue weighted by Gasteiger charge is 2.06. The normalized spacial score (nSPS) is 10.6. The first-order chi connectivity index (χ1) is 13.7. The highest BCUT2D eigenvalue weighted by Crippen LogP contribution is 2.18. The van der Waals surface area contributed by atoms with Crippen LogP contribution in [0.15, 0.2) is 60.8 Å².